The summed E-state index contributed by atoms with van der Waals surface area (Å²) in [5, 5.41) is 2.89. The summed E-state index contributed by atoms with van der Waals surface area (Å²) in [5.74, 6) is 5.68. The third kappa shape index (κ3) is 2.55. The zero-order valence-electron chi connectivity index (χ0n) is 11.6. The fraction of sp³-hybridized carbons (Fsp3) is 0.467. The first-order valence-electron chi connectivity index (χ1n) is 7.06. The lowest BCUT2D eigenvalue weighted by Gasteiger charge is -2.19. The first-order valence-corrected chi connectivity index (χ1v) is 7.88. The minimum absolute atomic E-state index is 0.0759. The van der Waals surface area contributed by atoms with Crippen LogP contribution < -0.4 is 11.1 Å². The highest BCUT2D eigenvalue weighted by Crippen LogP contribution is 2.35. The number of carbonyl (C=O) groups excluding carboxylic acids is 2. The van der Waals surface area contributed by atoms with E-state index in [1.165, 1.54) is 16.2 Å². The predicted octanol–water partition coefficient (Wildman–Crippen LogP) is 1.42. The second-order valence-corrected chi connectivity index (χ2v) is 6.55. The van der Waals surface area contributed by atoms with Gasteiger partial charge >= 0.3 is 6.03 Å². The van der Waals surface area contributed by atoms with Gasteiger partial charge in [-0.2, -0.15) is 0 Å². The van der Waals surface area contributed by atoms with Crippen LogP contribution in [0, 0.1) is 11.8 Å². The molecule has 110 valence electrons. The van der Waals surface area contributed by atoms with Gasteiger partial charge in [-0.15, -0.1) is 11.3 Å². The van der Waals surface area contributed by atoms with Gasteiger partial charge in [-0.3, -0.25) is 9.69 Å². The first kappa shape index (κ1) is 14.1. The van der Waals surface area contributed by atoms with Crippen molar-refractivity contribution in [3.05, 3.63) is 21.9 Å². The fourth-order valence-electron chi connectivity index (χ4n) is 2.96. The molecule has 2 aliphatic rings. The van der Waals surface area contributed by atoms with Crippen molar-refractivity contribution in [3.63, 3.8) is 0 Å². The van der Waals surface area contributed by atoms with E-state index >= 15 is 0 Å². The highest BCUT2D eigenvalue weighted by atomic mass is 32.1. The number of amides is 3. The van der Waals surface area contributed by atoms with E-state index in [-0.39, 0.29) is 11.9 Å². The number of imide groups is 1. The molecule has 5 nitrogen and oxygen atoms in total. The number of carbonyl (C=O) groups is 2. The molecular weight excluding hydrogens is 286 g/mol. The summed E-state index contributed by atoms with van der Waals surface area (Å²) >= 11 is 1.49. The van der Waals surface area contributed by atoms with Crippen LogP contribution >= 0.6 is 11.3 Å². The Labute approximate surface area is 127 Å². The minimum Gasteiger partial charge on any atom is -0.323 e. The summed E-state index contributed by atoms with van der Waals surface area (Å²) in [6, 6.07) is 3.53. The second kappa shape index (κ2) is 5.51. The number of hydrogen-bond acceptors (Lipinski definition) is 4. The zero-order chi connectivity index (χ0) is 14.9. The average Bonchev–Trinajstić information content (AvgIpc) is 3.15. The highest BCUT2D eigenvalue weighted by molar-refractivity contribution is 7.12. The summed E-state index contributed by atoms with van der Waals surface area (Å²) in [5.41, 5.74) is 4.71. The molecule has 0 bridgehead atoms. The van der Waals surface area contributed by atoms with Crippen molar-refractivity contribution in [3.8, 4) is 11.8 Å². The van der Waals surface area contributed by atoms with E-state index in [0.29, 0.717) is 13.1 Å². The molecule has 1 spiro atoms. The van der Waals surface area contributed by atoms with E-state index in [9.17, 15) is 9.59 Å². The van der Waals surface area contributed by atoms with Crippen molar-refractivity contribution in [1.82, 2.24) is 10.2 Å². The van der Waals surface area contributed by atoms with Crippen LogP contribution in [0.5, 0.6) is 0 Å². The molecule has 0 radical (unpaired) electrons. The monoisotopic (exact) mass is 303 g/mol. The Morgan fingerprint density at radius 3 is 2.81 bits per heavy atom. The highest BCUT2D eigenvalue weighted by Gasteiger charge is 2.52. The predicted molar refractivity (Wildman–Crippen MR) is 80.5 cm³/mol. The van der Waals surface area contributed by atoms with E-state index in [1.54, 1.807) is 0 Å². The van der Waals surface area contributed by atoms with Crippen LogP contribution in [0.1, 0.15) is 35.4 Å². The van der Waals surface area contributed by atoms with Crippen molar-refractivity contribution in [2.45, 2.75) is 37.8 Å². The zero-order valence-corrected chi connectivity index (χ0v) is 12.5. The lowest BCUT2D eigenvalue weighted by Crippen LogP contribution is -2.44. The molecule has 1 saturated carbocycles. The summed E-state index contributed by atoms with van der Waals surface area (Å²) in [6.45, 7) is 0.643. The number of nitrogens with two attached hydrogens (primary N) is 1. The van der Waals surface area contributed by atoms with Gasteiger partial charge in [0.25, 0.3) is 5.91 Å². The van der Waals surface area contributed by atoms with Gasteiger partial charge in [0, 0.05) is 4.88 Å². The molecule has 1 aromatic rings. The molecule has 2 fully saturated rings. The first-order chi connectivity index (χ1) is 10.1. The molecule has 2 heterocycles. The molecule has 0 unspecified atom stereocenters. The lowest BCUT2D eigenvalue weighted by molar-refractivity contribution is -0.131. The van der Waals surface area contributed by atoms with Crippen LogP contribution in [0.4, 0.5) is 4.79 Å². The molecule has 0 atom stereocenters. The maximum atomic E-state index is 12.5. The molecule has 1 aromatic heterocycles. The van der Waals surface area contributed by atoms with Gasteiger partial charge in [0.05, 0.1) is 18.0 Å². The Morgan fingerprint density at radius 2 is 2.10 bits per heavy atom. The molecule has 0 aromatic carbocycles. The lowest BCUT2D eigenvalue weighted by atomic mass is 9.98. The van der Waals surface area contributed by atoms with Crippen molar-refractivity contribution in [1.29, 1.82) is 0 Å². The van der Waals surface area contributed by atoms with Gasteiger partial charge in [0.15, 0.2) is 0 Å². The van der Waals surface area contributed by atoms with Crippen LogP contribution in [0.2, 0.25) is 0 Å². The SMILES string of the molecule is NCC#Cc1ccc(CN2C(=O)NC3(CCCC3)C2=O)s1. The van der Waals surface area contributed by atoms with E-state index < -0.39 is 5.54 Å². The van der Waals surface area contributed by atoms with Gasteiger partial charge in [0.1, 0.15) is 5.54 Å². The smallest absolute Gasteiger partial charge is 0.323 e. The third-order valence-electron chi connectivity index (χ3n) is 3.99. The summed E-state index contributed by atoms with van der Waals surface area (Å²) in [4.78, 5) is 27.8. The molecule has 1 saturated heterocycles. The maximum absolute atomic E-state index is 12.5. The number of thiophene rings is 1. The quantitative estimate of drug-likeness (QED) is 0.641. The topological polar surface area (TPSA) is 75.4 Å². The Morgan fingerprint density at radius 1 is 1.33 bits per heavy atom. The van der Waals surface area contributed by atoms with Crippen LogP contribution in [0.15, 0.2) is 12.1 Å². The summed E-state index contributed by atoms with van der Waals surface area (Å²) < 4.78 is 0. The molecule has 3 N–H and O–H groups in total. The van der Waals surface area contributed by atoms with Crippen molar-refractivity contribution in [2.75, 3.05) is 6.54 Å². The van der Waals surface area contributed by atoms with E-state index in [1.807, 2.05) is 12.1 Å². The normalized spacial score (nSPS) is 19.8. The number of nitrogens with zero attached hydrogens (tertiary/aromatic N) is 1. The van der Waals surface area contributed by atoms with Crippen molar-refractivity contribution < 1.29 is 9.59 Å². The van der Waals surface area contributed by atoms with Crippen LogP contribution in [0.25, 0.3) is 0 Å². The molecule has 3 rings (SSSR count). The van der Waals surface area contributed by atoms with Crippen LogP contribution in [0.3, 0.4) is 0 Å². The van der Waals surface area contributed by atoms with Crippen molar-refractivity contribution in [2.24, 2.45) is 5.73 Å². The molecule has 3 amide bonds. The van der Waals surface area contributed by atoms with Crippen LogP contribution in [-0.2, 0) is 11.3 Å². The standard InChI is InChI=1S/C15H17N3O2S/c16-9-3-4-11-5-6-12(21-11)10-18-13(19)15(17-14(18)20)7-1-2-8-15/h5-6H,1-2,7-10,16H2,(H,17,20). The number of hydrogen-bond donors (Lipinski definition) is 2. The van der Waals surface area contributed by atoms with E-state index in [4.69, 9.17) is 5.73 Å². The largest absolute Gasteiger partial charge is 0.325 e. The molecule has 21 heavy (non-hydrogen) atoms. The maximum Gasteiger partial charge on any atom is 0.325 e. The number of urea groups is 1. The Hall–Kier alpha value is -1.84. The van der Waals surface area contributed by atoms with Gasteiger partial charge in [-0.1, -0.05) is 24.7 Å². The van der Waals surface area contributed by atoms with Gasteiger partial charge in [-0.05, 0) is 25.0 Å². The summed E-state index contributed by atoms with van der Waals surface area (Å²) in [6.07, 6.45) is 3.51. The number of rotatable bonds is 2. The average molecular weight is 303 g/mol. The van der Waals surface area contributed by atoms with Crippen molar-refractivity contribution >= 4 is 23.3 Å². The van der Waals surface area contributed by atoms with Gasteiger partial charge < -0.3 is 11.1 Å². The third-order valence-corrected chi connectivity index (χ3v) is 4.98. The van der Waals surface area contributed by atoms with Crippen LogP contribution in [-0.4, -0.2) is 28.9 Å². The number of nitrogens with one attached hydrogen (secondary N) is 1. The van der Waals surface area contributed by atoms with E-state index in [0.717, 1.165) is 35.4 Å². The van der Waals surface area contributed by atoms with Gasteiger partial charge in [-0.25, -0.2) is 4.79 Å². The van der Waals surface area contributed by atoms with Gasteiger partial charge in [0.2, 0.25) is 0 Å². The Bertz CT molecular complexity index is 635. The fourth-order valence-corrected chi connectivity index (χ4v) is 3.83. The molecular formula is C15H17N3O2S. The Balaban J connectivity index is 1.74. The molecule has 1 aliphatic heterocycles. The second-order valence-electron chi connectivity index (χ2n) is 5.38. The molecule has 1 aliphatic carbocycles. The summed E-state index contributed by atoms with van der Waals surface area (Å²) in [7, 11) is 0. The van der Waals surface area contributed by atoms with E-state index in [2.05, 4.69) is 17.2 Å². The molecule has 6 heteroatoms. The Kier molecular flexibility index (Phi) is 3.70. The minimum atomic E-state index is -0.628.